The van der Waals surface area contributed by atoms with E-state index in [0.717, 1.165) is 11.3 Å². The molecule has 0 saturated heterocycles. The predicted molar refractivity (Wildman–Crippen MR) is 73.6 cm³/mol. The largest absolute Gasteiger partial charge is 0.397 e. The number of carbonyl (C=O) groups excluding carboxylic acids is 1. The second-order valence-electron chi connectivity index (χ2n) is 4.11. The fraction of sp³-hybridized carbons (Fsp3) is 0.462. The number of methoxy groups -OCH3 is 1. The zero-order chi connectivity index (χ0) is 13.4. The highest BCUT2D eigenvalue weighted by Crippen LogP contribution is 2.18. The van der Waals surface area contributed by atoms with Crippen molar-refractivity contribution in [3.05, 3.63) is 23.8 Å². The lowest BCUT2D eigenvalue weighted by Crippen LogP contribution is -2.28. The fourth-order valence-electron chi connectivity index (χ4n) is 1.53. The molecule has 1 amide bonds. The van der Waals surface area contributed by atoms with Gasteiger partial charge in [-0.05, 0) is 24.6 Å². The summed E-state index contributed by atoms with van der Waals surface area (Å²) in [5, 5.41) is 5.90. The van der Waals surface area contributed by atoms with E-state index in [1.165, 1.54) is 0 Å². The number of ether oxygens (including phenoxy) is 1. The molecule has 0 heterocycles. The number of benzene rings is 1. The first-order valence-electron chi connectivity index (χ1n) is 5.99. The summed E-state index contributed by atoms with van der Waals surface area (Å²) < 4.78 is 4.85. The number of anilines is 2. The molecule has 5 heteroatoms. The highest BCUT2D eigenvalue weighted by atomic mass is 16.5. The molecule has 0 radical (unpaired) electrons. The van der Waals surface area contributed by atoms with Crippen LogP contribution in [0, 0.1) is 6.92 Å². The molecule has 5 nitrogen and oxygen atoms in total. The number of nitrogens with one attached hydrogen (secondary N) is 2. The number of rotatable bonds is 7. The van der Waals surface area contributed by atoms with E-state index in [2.05, 4.69) is 10.6 Å². The van der Waals surface area contributed by atoms with Crippen molar-refractivity contribution in [2.75, 3.05) is 37.9 Å². The van der Waals surface area contributed by atoms with Crippen LogP contribution in [-0.2, 0) is 9.53 Å². The standard InChI is InChI=1S/C13H21N3O2/c1-10-3-4-12(11(14)9-10)15-6-5-13(17)16-7-8-18-2/h3-4,9,15H,5-8,14H2,1-2H3,(H,16,17). The summed E-state index contributed by atoms with van der Waals surface area (Å²) >= 11 is 0. The first kappa shape index (κ1) is 14.3. The molecular weight excluding hydrogens is 230 g/mol. The molecule has 100 valence electrons. The first-order valence-corrected chi connectivity index (χ1v) is 5.99. The topological polar surface area (TPSA) is 76.4 Å². The first-order chi connectivity index (χ1) is 8.63. The van der Waals surface area contributed by atoms with Crippen molar-refractivity contribution in [2.24, 2.45) is 0 Å². The molecule has 1 aromatic carbocycles. The van der Waals surface area contributed by atoms with E-state index in [4.69, 9.17) is 10.5 Å². The Morgan fingerprint density at radius 2 is 2.17 bits per heavy atom. The Morgan fingerprint density at radius 3 is 2.83 bits per heavy atom. The number of hydrogen-bond acceptors (Lipinski definition) is 4. The van der Waals surface area contributed by atoms with Crippen LogP contribution >= 0.6 is 0 Å². The van der Waals surface area contributed by atoms with Crippen molar-refractivity contribution in [1.29, 1.82) is 0 Å². The van der Waals surface area contributed by atoms with Crippen LogP contribution < -0.4 is 16.4 Å². The quantitative estimate of drug-likeness (QED) is 0.502. The molecule has 1 rings (SSSR count). The van der Waals surface area contributed by atoms with Gasteiger partial charge in [-0.2, -0.15) is 0 Å². The Kier molecular flexibility index (Phi) is 6.00. The van der Waals surface area contributed by atoms with Crippen LogP contribution in [-0.4, -0.2) is 32.7 Å². The Labute approximate surface area is 108 Å². The molecule has 0 aliphatic heterocycles. The number of amides is 1. The number of nitrogens with two attached hydrogens (primary N) is 1. The van der Waals surface area contributed by atoms with Crippen LogP contribution in [0.4, 0.5) is 11.4 Å². The minimum Gasteiger partial charge on any atom is -0.397 e. The fourth-order valence-corrected chi connectivity index (χ4v) is 1.53. The Hall–Kier alpha value is -1.75. The number of aryl methyl sites for hydroxylation is 1. The molecule has 0 saturated carbocycles. The van der Waals surface area contributed by atoms with E-state index >= 15 is 0 Å². The van der Waals surface area contributed by atoms with Crippen molar-refractivity contribution < 1.29 is 9.53 Å². The highest BCUT2D eigenvalue weighted by molar-refractivity contribution is 5.76. The summed E-state index contributed by atoms with van der Waals surface area (Å²) in [4.78, 5) is 11.4. The third kappa shape index (κ3) is 5.05. The van der Waals surface area contributed by atoms with Crippen molar-refractivity contribution in [2.45, 2.75) is 13.3 Å². The van der Waals surface area contributed by atoms with Crippen LogP contribution in [0.2, 0.25) is 0 Å². The van der Waals surface area contributed by atoms with Gasteiger partial charge in [-0.15, -0.1) is 0 Å². The third-order valence-corrected chi connectivity index (χ3v) is 2.50. The zero-order valence-corrected chi connectivity index (χ0v) is 11.0. The van der Waals surface area contributed by atoms with Crippen LogP contribution in [0.25, 0.3) is 0 Å². The van der Waals surface area contributed by atoms with Crippen LogP contribution in [0.3, 0.4) is 0 Å². The molecule has 0 spiro atoms. The number of hydrogen-bond donors (Lipinski definition) is 3. The molecule has 0 bridgehead atoms. The van der Waals surface area contributed by atoms with Crippen LogP contribution in [0.1, 0.15) is 12.0 Å². The van der Waals surface area contributed by atoms with Crippen LogP contribution in [0.15, 0.2) is 18.2 Å². The number of nitrogen functional groups attached to an aromatic ring is 1. The van der Waals surface area contributed by atoms with Gasteiger partial charge in [0.1, 0.15) is 0 Å². The lowest BCUT2D eigenvalue weighted by Gasteiger charge is -2.10. The van der Waals surface area contributed by atoms with Gasteiger partial charge in [-0.1, -0.05) is 6.07 Å². The van der Waals surface area contributed by atoms with E-state index in [1.54, 1.807) is 7.11 Å². The maximum Gasteiger partial charge on any atom is 0.221 e. The average molecular weight is 251 g/mol. The molecule has 4 N–H and O–H groups in total. The molecule has 0 fully saturated rings. The summed E-state index contributed by atoms with van der Waals surface area (Å²) in [7, 11) is 1.61. The summed E-state index contributed by atoms with van der Waals surface area (Å²) in [6.45, 7) is 3.63. The van der Waals surface area contributed by atoms with Gasteiger partial charge in [0, 0.05) is 26.6 Å². The summed E-state index contributed by atoms with van der Waals surface area (Å²) in [6, 6.07) is 5.81. The maximum atomic E-state index is 11.4. The summed E-state index contributed by atoms with van der Waals surface area (Å²) in [5.41, 5.74) is 8.55. The molecule has 0 aliphatic rings. The third-order valence-electron chi connectivity index (χ3n) is 2.50. The normalized spacial score (nSPS) is 10.1. The van der Waals surface area contributed by atoms with E-state index in [9.17, 15) is 4.79 Å². The van der Waals surface area contributed by atoms with Gasteiger partial charge < -0.3 is 21.1 Å². The van der Waals surface area contributed by atoms with E-state index in [-0.39, 0.29) is 5.91 Å². The van der Waals surface area contributed by atoms with Crippen LogP contribution in [0.5, 0.6) is 0 Å². The molecule has 0 aromatic heterocycles. The Morgan fingerprint density at radius 1 is 1.39 bits per heavy atom. The van der Waals surface area contributed by atoms with Gasteiger partial charge in [0.05, 0.1) is 18.0 Å². The lowest BCUT2D eigenvalue weighted by molar-refractivity contribution is -0.121. The van der Waals surface area contributed by atoms with Gasteiger partial charge in [0.25, 0.3) is 0 Å². The van der Waals surface area contributed by atoms with E-state index in [1.807, 2.05) is 25.1 Å². The SMILES string of the molecule is COCCNC(=O)CCNc1ccc(C)cc1N. The molecule has 18 heavy (non-hydrogen) atoms. The molecule has 1 aromatic rings. The van der Waals surface area contributed by atoms with E-state index in [0.29, 0.717) is 31.8 Å². The minimum absolute atomic E-state index is 0.00485. The van der Waals surface area contributed by atoms with Gasteiger partial charge in [-0.25, -0.2) is 0 Å². The minimum atomic E-state index is 0.00485. The summed E-state index contributed by atoms with van der Waals surface area (Å²) in [5.74, 6) is 0.00485. The average Bonchev–Trinajstić information content (AvgIpc) is 2.32. The molecule has 0 unspecified atom stereocenters. The van der Waals surface area contributed by atoms with Crippen molar-refractivity contribution in [3.63, 3.8) is 0 Å². The van der Waals surface area contributed by atoms with Gasteiger partial charge in [-0.3, -0.25) is 4.79 Å². The van der Waals surface area contributed by atoms with Gasteiger partial charge in [0.2, 0.25) is 5.91 Å². The Bertz CT molecular complexity index is 394. The lowest BCUT2D eigenvalue weighted by atomic mass is 10.2. The smallest absolute Gasteiger partial charge is 0.221 e. The molecule has 0 aliphatic carbocycles. The Balaban J connectivity index is 2.26. The number of carbonyl (C=O) groups is 1. The van der Waals surface area contributed by atoms with Crippen molar-refractivity contribution in [3.8, 4) is 0 Å². The summed E-state index contributed by atoms with van der Waals surface area (Å²) in [6.07, 6.45) is 0.414. The van der Waals surface area contributed by atoms with Gasteiger partial charge >= 0.3 is 0 Å². The van der Waals surface area contributed by atoms with Crippen molar-refractivity contribution in [1.82, 2.24) is 5.32 Å². The molecular formula is C13H21N3O2. The van der Waals surface area contributed by atoms with E-state index < -0.39 is 0 Å². The monoisotopic (exact) mass is 251 g/mol. The van der Waals surface area contributed by atoms with Gasteiger partial charge in [0.15, 0.2) is 0 Å². The van der Waals surface area contributed by atoms with Crippen molar-refractivity contribution >= 4 is 17.3 Å². The maximum absolute atomic E-state index is 11.4. The predicted octanol–water partition coefficient (Wildman–Crippen LogP) is 1.14. The highest BCUT2D eigenvalue weighted by Gasteiger charge is 2.02. The zero-order valence-electron chi connectivity index (χ0n) is 11.0. The second kappa shape index (κ2) is 7.55. The molecule has 0 atom stereocenters. The second-order valence-corrected chi connectivity index (χ2v) is 4.11.